The number of amides is 1. The van der Waals surface area contributed by atoms with E-state index in [4.69, 9.17) is 4.74 Å². The van der Waals surface area contributed by atoms with Gasteiger partial charge < -0.3 is 9.64 Å². The molecule has 134 valence electrons. The average Bonchev–Trinajstić information content (AvgIpc) is 2.61. The Morgan fingerprint density at radius 2 is 2.04 bits per heavy atom. The van der Waals surface area contributed by atoms with Crippen LogP contribution in [-0.4, -0.2) is 41.4 Å². The maximum absolute atomic E-state index is 12.6. The molecule has 7 nitrogen and oxygen atoms in total. The number of nitro benzene ring substituents is 1. The molecule has 0 aliphatic carbocycles. The summed E-state index contributed by atoms with van der Waals surface area (Å²) in [6, 6.07) is 4.36. The highest BCUT2D eigenvalue weighted by Crippen LogP contribution is 2.28. The standard InChI is InChI=1S/C17H20N2O5S/c1-3-24-17(21)12-6-8-18(9-7-12)16(20)11(2)13-4-5-15(25)14(10-13)19(22)23/h4-5,10,12,25H,2-3,6-9H2,1H3. The van der Waals surface area contributed by atoms with Crippen LogP contribution in [0.4, 0.5) is 5.69 Å². The Bertz CT molecular complexity index is 711. The van der Waals surface area contributed by atoms with E-state index in [9.17, 15) is 19.7 Å². The van der Waals surface area contributed by atoms with Gasteiger partial charge in [0.2, 0.25) is 0 Å². The monoisotopic (exact) mass is 364 g/mol. The molecule has 0 unspecified atom stereocenters. The van der Waals surface area contributed by atoms with E-state index in [1.54, 1.807) is 17.9 Å². The van der Waals surface area contributed by atoms with Gasteiger partial charge in [0.05, 0.1) is 22.3 Å². The Kier molecular flexibility index (Phi) is 6.19. The Hall–Kier alpha value is -2.35. The number of benzene rings is 1. The number of carbonyl (C=O) groups is 2. The Morgan fingerprint density at radius 3 is 2.60 bits per heavy atom. The van der Waals surface area contributed by atoms with Crippen LogP contribution in [0.25, 0.3) is 5.57 Å². The van der Waals surface area contributed by atoms with Gasteiger partial charge in [-0.2, -0.15) is 0 Å². The van der Waals surface area contributed by atoms with E-state index in [1.807, 2.05) is 0 Å². The number of thiol groups is 1. The molecule has 0 N–H and O–H groups in total. The number of esters is 1. The molecule has 1 fully saturated rings. The van der Waals surface area contributed by atoms with Crippen molar-refractivity contribution in [1.82, 2.24) is 4.90 Å². The van der Waals surface area contributed by atoms with Gasteiger partial charge in [-0.25, -0.2) is 0 Å². The smallest absolute Gasteiger partial charge is 0.309 e. The van der Waals surface area contributed by atoms with Gasteiger partial charge in [0, 0.05) is 24.7 Å². The lowest BCUT2D eigenvalue weighted by molar-refractivity contribution is -0.387. The number of hydrogen-bond donors (Lipinski definition) is 1. The number of nitro groups is 1. The van der Waals surface area contributed by atoms with Crippen LogP contribution in [0.2, 0.25) is 0 Å². The molecular weight excluding hydrogens is 344 g/mol. The zero-order valence-electron chi connectivity index (χ0n) is 13.9. The number of hydrogen-bond acceptors (Lipinski definition) is 6. The largest absolute Gasteiger partial charge is 0.466 e. The summed E-state index contributed by atoms with van der Waals surface area (Å²) in [5, 5.41) is 11.0. The molecule has 1 aliphatic rings. The summed E-state index contributed by atoms with van der Waals surface area (Å²) in [4.78, 5) is 36.6. The van der Waals surface area contributed by atoms with Crippen molar-refractivity contribution >= 4 is 35.8 Å². The van der Waals surface area contributed by atoms with Crippen LogP contribution >= 0.6 is 12.6 Å². The van der Waals surface area contributed by atoms with Crippen molar-refractivity contribution in [2.75, 3.05) is 19.7 Å². The molecule has 1 aromatic rings. The number of nitrogens with zero attached hydrogens (tertiary/aromatic N) is 2. The molecular formula is C17H20N2O5S. The molecule has 0 bridgehead atoms. The maximum atomic E-state index is 12.6. The van der Waals surface area contributed by atoms with E-state index < -0.39 is 4.92 Å². The summed E-state index contributed by atoms with van der Waals surface area (Å²) >= 11 is 4.04. The topological polar surface area (TPSA) is 89.8 Å². The SMILES string of the molecule is C=C(C(=O)N1CCC(C(=O)OCC)CC1)c1ccc(S)c([N+](=O)[O-])c1. The molecule has 8 heteroatoms. The number of rotatable bonds is 5. The van der Waals surface area contributed by atoms with E-state index in [-0.39, 0.29) is 34.0 Å². The van der Waals surface area contributed by atoms with Crippen LogP contribution in [0.5, 0.6) is 0 Å². The third-order valence-electron chi connectivity index (χ3n) is 4.18. The van der Waals surface area contributed by atoms with Crippen LogP contribution < -0.4 is 0 Å². The highest BCUT2D eigenvalue weighted by molar-refractivity contribution is 7.80. The predicted octanol–water partition coefficient (Wildman–Crippen LogP) is 2.70. The minimum Gasteiger partial charge on any atom is -0.466 e. The van der Waals surface area contributed by atoms with Crippen LogP contribution in [0, 0.1) is 16.0 Å². The highest BCUT2D eigenvalue weighted by atomic mass is 32.1. The average molecular weight is 364 g/mol. The zero-order chi connectivity index (χ0) is 18.6. The van der Waals surface area contributed by atoms with Crippen LogP contribution in [0.3, 0.4) is 0 Å². The second-order valence-corrected chi connectivity index (χ2v) is 6.24. The summed E-state index contributed by atoms with van der Waals surface area (Å²) in [5.41, 5.74) is 0.406. The zero-order valence-corrected chi connectivity index (χ0v) is 14.8. The van der Waals surface area contributed by atoms with Gasteiger partial charge in [-0.1, -0.05) is 12.6 Å². The van der Waals surface area contributed by atoms with E-state index in [0.717, 1.165) is 0 Å². The summed E-state index contributed by atoms with van der Waals surface area (Å²) < 4.78 is 5.01. The Morgan fingerprint density at radius 1 is 1.40 bits per heavy atom. The maximum Gasteiger partial charge on any atom is 0.309 e. The number of ether oxygens (including phenoxy) is 1. The quantitative estimate of drug-likeness (QED) is 0.285. The Balaban J connectivity index is 2.04. The predicted molar refractivity (Wildman–Crippen MR) is 95.3 cm³/mol. The Labute approximate surface area is 151 Å². The van der Waals surface area contributed by atoms with Crippen LogP contribution in [0.15, 0.2) is 29.7 Å². The lowest BCUT2D eigenvalue weighted by Crippen LogP contribution is -2.40. The van der Waals surface area contributed by atoms with E-state index in [1.165, 1.54) is 12.1 Å². The summed E-state index contributed by atoms with van der Waals surface area (Å²) in [5.74, 6) is -0.709. The number of carbonyl (C=O) groups excluding carboxylic acids is 2. The first-order valence-electron chi connectivity index (χ1n) is 7.97. The van der Waals surface area contributed by atoms with Gasteiger partial charge in [-0.15, -0.1) is 12.6 Å². The first-order chi connectivity index (χ1) is 11.8. The molecule has 2 rings (SSSR count). The molecule has 0 spiro atoms. The van der Waals surface area contributed by atoms with Gasteiger partial charge in [0.15, 0.2) is 0 Å². The first-order valence-corrected chi connectivity index (χ1v) is 8.42. The molecule has 0 atom stereocenters. The summed E-state index contributed by atoms with van der Waals surface area (Å²) in [6.45, 7) is 6.73. The number of piperidine rings is 1. The van der Waals surface area contributed by atoms with Crippen molar-refractivity contribution in [2.24, 2.45) is 5.92 Å². The van der Waals surface area contributed by atoms with Crippen LogP contribution in [0.1, 0.15) is 25.3 Å². The van der Waals surface area contributed by atoms with Gasteiger partial charge in [0.25, 0.3) is 11.6 Å². The lowest BCUT2D eigenvalue weighted by atomic mass is 9.96. The molecule has 1 aromatic carbocycles. The van der Waals surface area contributed by atoms with E-state index in [0.29, 0.717) is 38.1 Å². The lowest BCUT2D eigenvalue weighted by Gasteiger charge is -2.31. The minimum atomic E-state index is -0.547. The normalized spacial score (nSPS) is 14.9. The molecule has 1 aliphatic heterocycles. The fourth-order valence-corrected chi connectivity index (χ4v) is 2.97. The second-order valence-electron chi connectivity index (χ2n) is 5.76. The molecule has 1 heterocycles. The van der Waals surface area contributed by atoms with Crippen molar-refractivity contribution in [2.45, 2.75) is 24.7 Å². The van der Waals surface area contributed by atoms with Gasteiger partial charge in [-0.3, -0.25) is 19.7 Å². The molecule has 0 aromatic heterocycles. The summed E-state index contributed by atoms with van der Waals surface area (Å²) in [6.07, 6.45) is 1.07. The fraction of sp³-hybridized carbons (Fsp3) is 0.412. The van der Waals surface area contributed by atoms with Crippen molar-refractivity contribution < 1.29 is 19.2 Å². The molecule has 0 radical (unpaired) electrons. The minimum absolute atomic E-state index is 0.171. The second kappa shape index (κ2) is 8.15. The summed E-state index contributed by atoms with van der Waals surface area (Å²) in [7, 11) is 0. The van der Waals surface area contributed by atoms with Crippen molar-refractivity contribution in [3.05, 3.63) is 40.5 Å². The van der Waals surface area contributed by atoms with Crippen molar-refractivity contribution in [1.29, 1.82) is 0 Å². The van der Waals surface area contributed by atoms with E-state index in [2.05, 4.69) is 19.2 Å². The first kappa shape index (κ1) is 19.0. The molecule has 25 heavy (non-hydrogen) atoms. The molecule has 1 amide bonds. The third-order valence-corrected chi connectivity index (χ3v) is 4.56. The van der Waals surface area contributed by atoms with Crippen LogP contribution in [-0.2, 0) is 14.3 Å². The van der Waals surface area contributed by atoms with Gasteiger partial charge in [0.1, 0.15) is 0 Å². The number of likely N-dealkylation sites (tertiary alicyclic amines) is 1. The van der Waals surface area contributed by atoms with Crippen molar-refractivity contribution in [3.8, 4) is 0 Å². The molecule has 0 saturated carbocycles. The third kappa shape index (κ3) is 4.39. The van der Waals surface area contributed by atoms with E-state index >= 15 is 0 Å². The fourth-order valence-electron chi connectivity index (χ4n) is 2.75. The highest BCUT2D eigenvalue weighted by Gasteiger charge is 2.29. The molecule has 1 saturated heterocycles. The van der Waals surface area contributed by atoms with Gasteiger partial charge >= 0.3 is 5.97 Å². The van der Waals surface area contributed by atoms with Gasteiger partial charge in [-0.05, 0) is 31.4 Å². The van der Waals surface area contributed by atoms with Crippen molar-refractivity contribution in [3.63, 3.8) is 0 Å².